The topological polar surface area (TPSA) is 94.8 Å². The van der Waals surface area contributed by atoms with Gasteiger partial charge < -0.3 is 20.9 Å². The van der Waals surface area contributed by atoms with Gasteiger partial charge in [-0.05, 0) is 58.5 Å². The molecule has 0 saturated heterocycles. The van der Waals surface area contributed by atoms with Crippen LogP contribution in [0.2, 0.25) is 0 Å². The molecule has 0 aliphatic carbocycles. The lowest BCUT2D eigenvalue weighted by atomic mass is 10.2. The Balaban J connectivity index is 0.00000784. The van der Waals surface area contributed by atoms with Crippen molar-refractivity contribution in [1.29, 1.82) is 0 Å². The molecule has 166 valence electrons. The molecule has 0 saturated carbocycles. The predicted molar refractivity (Wildman–Crippen MR) is 133 cm³/mol. The molecule has 0 fully saturated rings. The molecule has 0 aliphatic rings. The maximum Gasteiger partial charge on any atom is 0.269 e. The summed E-state index contributed by atoms with van der Waals surface area (Å²) < 4.78 is 0. The zero-order valence-electron chi connectivity index (χ0n) is 18.1. The Morgan fingerprint density at radius 2 is 1.86 bits per heavy atom. The molecule has 9 heteroatoms. The Bertz CT molecular complexity index is 593. The number of nitro groups is 1. The van der Waals surface area contributed by atoms with E-state index in [1.165, 1.54) is 12.1 Å². The summed E-state index contributed by atoms with van der Waals surface area (Å²) in [5.74, 6) is 0.823. The Kier molecular flexibility index (Phi) is 15.3. The zero-order chi connectivity index (χ0) is 20.8. The highest BCUT2D eigenvalue weighted by Crippen LogP contribution is 2.14. The fourth-order valence-corrected chi connectivity index (χ4v) is 2.86. The number of rotatable bonds is 13. The highest BCUT2D eigenvalue weighted by Gasteiger charge is 2.07. The minimum atomic E-state index is -0.397. The SMILES string of the molecule is CCNC(=NCCNc1ccc([N+](=O)[O-])cc1)NC(C)CCCN(CC)CC.I. The largest absolute Gasteiger partial charge is 0.383 e. The van der Waals surface area contributed by atoms with Crippen LogP contribution in [0.25, 0.3) is 0 Å². The van der Waals surface area contributed by atoms with Crippen molar-refractivity contribution in [3.8, 4) is 0 Å². The third kappa shape index (κ3) is 11.8. The van der Waals surface area contributed by atoms with E-state index in [4.69, 9.17) is 0 Å². The lowest BCUT2D eigenvalue weighted by Gasteiger charge is -2.21. The quantitative estimate of drug-likeness (QED) is 0.0918. The van der Waals surface area contributed by atoms with Gasteiger partial charge in [0.05, 0.1) is 11.5 Å². The highest BCUT2D eigenvalue weighted by molar-refractivity contribution is 14.0. The molecule has 0 radical (unpaired) electrons. The van der Waals surface area contributed by atoms with Gasteiger partial charge in [-0.25, -0.2) is 0 Å². The van der Waals surface area contributed by atoms with E-state index in [0.717, 1.165) is 50.7 Å². The molecule has 8 nitrogen and oxygen atoms in total. The number of nitrogens with zero attached hydrogens (tertiary/aromatic N) is 3. The van der Waals surface area contributed by atoms with Gasteiger partial charge in [0.1, 0.15) is 0 Å². The van der Waals surface area contributed by atoms with Crippen molar-refractivity contribution in [2.45, 2.75) is 46.6 Å². The van der Waals surface area contributed by atoms with Gasteiger partial charge in [0.2, 0.25) is 0 Å². The summed E-state index contributed by atoms with van der Waals surface area (Å²) in [6, 6.07) is 6.77. The summed E-state index contributed by atoms with van der Waals surface area (Å²) in [7, 11) is 0. The lowest BCUT2D eigenvalue weighted by Crippen LogP contribution is -2.42. The van der Waals surface area contributed by atoms with Crippen LogP contribution in [0.15, 0.2) is 29.3 Å². The van der Waals surface area contributed by atoms with Gasteiger partial charge in [0.25, 0.3) is 5.69 Å². The van der Waals surface area contributed by atoms with E-state index < -0.39 is 4.92 Å². The molecule has 1 aromatic rings. The highest BCUT2D eigenvalue weighted by atomic mass is 127. The number of guanidine groups is 1. The summed E-state index contributed by atoms with van der Waals surface area (Å²) in [4.78, 5) is 17.3. The van der Waals surface area contributed by atoms with Crippen molar-refractivity contribution in [3.63, 3.8) is 0 Å². The van der Waals surface area contributed by atoms with Crippen LogP contribution < -0.4 is 16.0 Å². The molecule has 1 atom stereocenters. The molecule has 1 aromatic carbocycles. The van der Waals surface area contributed by atoms with E-state index in [1.54, 1.807) is 12.1 Å². The maximum absolute atomic E-state index is 10.7. The summed E-state index contributed by atoms with van der Waals surface area (Å²) in [6.45, 7) is 14.1. The second kappa shape index (κ2) is 16.2. The van der Waals surface area contributed by atoms with Crippen LogP contribution in [0, 0.1) is 10.1 Å². The second-order valence-electron chi connectivity index (χ2n) is 6.71. The Labute approximate surface area is 192 Å². The third-order valence-electron chi connectivity index (χ3n) is 4.52. The molecule has 29 heavy (non-hydrogen) atoms. The standard InChI is InChI=1S/C20H36N6O2.HI/c1-5-21-20(24-17(4)9-8-16-25(6-2)7-3)23-15-14-22-18-10-12-19(13-11-18)26(27)28;/h10-13,17,22H,5-9,14-16H2,1-4H3,(H2,21,23,24);1H. The van der Waals surface area contributed by atoms with Gasteiger partial charge in [-0.2, -0.15) is 0 Å². The fraction of sp³-hybridized carbons (Fsp3) is 0.650. The average Bonchev–Trinajstić information content (AvgIpc) is 2.69. The van der Waals surface area contributed by atoms with Gasteiger partial charge in [-0.1, -0.05) is 13.8 Å². The summed E-state index contributed by atoms with van der Waals surface area (Å²) in [5.41, 5.74) is 0.945. The third-order valence-corrected chi connectivity index (χ3v) is 4.52. The molecule has 3 N–H and O–H groups in total. The first-order chi connectivity index (χ1) is 13.5. The van der Waals surface area contributed by atoms with Gasteiger partial charge in [0, 0.05) is 37.0 Å². The molecule has 0 spiro atoms. The Morgan fingerprint density at radius 1 is 1.21 bits per heavy atom. The van der Waals surface area contributed by atoms with Crippen molar-refractivity contribution >= 4 is 41.3 Å². The van der Waals surface area contributed by atoms with E-state index in [9.17, 15) is 10.1 Å². The van der Waals surface area contributed by atoms with Crippen molar-refractivity contribution < 1.29 is 4.92 Å². The molecule has 0 bridgehead atoms. The molecule has 0 heterocycles. The normalized spacial score (nSPS) is 12.2. The van der Waals surface area contributed by atoms with E-state index in [0.29, 0.717) is 19.1 Å². The number of aliphatic imine (C=N–C) groups is 1. The first kappa shape index (κ1) is 27.4. The average molecular weight is 520 g/mol. The number of hydrogen-bond donors (Lipinski definition) is 3. The number of benzene rings is 1. The van der Waals surface area contributed by atoms with Crippen LogP contribution in [-0.4, -0.2) is 61.1 Å². The summed E-state index contributed by atoms with van der Waals surface area (Å²) in [6.07, 6.45) is 2.26. The van der Waals surface area contributed by atoms with Gasteiger partial charge >= 0.3 is 0 Å². The molecule has 1 rings (SSSR count). The number of nitro benzene ring substituents is 1. The van der Waals surface area contributed by atoms with Gasteiger partial charge in [-0.3, -0.25) is 15.1 Å². The summed E-state index contributed by atoms with van der Waals surface area (Å²) >= 11 is 0. The Hall–Kier alpha value is -1.62. The predicted octanol–water partition coefficient (Wildman–Crippen LogP) is 3.69. The van der Waals surface area contributed by atoms with E-state index >= 15 is 0 Å². The van der Waals surface area contributed by atoms with E-state index in [-0.39, 0.29) is 29.7 Å². The summed E-state index contributed by atoms with van der Waals surface area (Å²) in [5, 5.41) is 20.7. The van der Waals surface area contributed by atoms with E-state index in [1.807, 2.05) is 0 Å². The van der Waals surface area contributed by atoms with Crippen LogP contribution in [-0.2, 0) is 0 Å². The monoisotopic (exact) mass is 520 g/mol. The Morgan fingerprint density at radius 3 is 2.41 bits per heavy atom. The minimum Gasteiger partial charge on any atom is -0.383 e. The maximum atomic E-state index is 10.7. The van der Waals surface area contributed by atoms with Crippen LogP contribution >= 0.6 is 24.0 Å². The number of anilines is 1. The second-order valence-corrected chi connectivity index (χ2v) is 6.71. The first-order valence-corrected chi connectivity index (χ1v) is 10.3. The molecule has 0 aromatic heterocycles. The molecular formula is C20H37IN6O2. The molecule has 1 unspecified atom stereocenters. The number of hydrogen-bond acceptors (Lipinski definition) is 5. The lowest BCUT2D eigenvalue weighted by molar-refractivity contribution is -0.384. The molecule has 0 amide bonds. The van der Waals surface area contributed by atoms with Crippen LogP contribution in [0.4, 0.5) is 11.4 Å². The zero-order valence-corrected chi connectivity index (χ0v) is 20.4. The molecular weight excluding hydrogens is 483 g/mol. The minimum absolute atomic E-state index is 0. The van der Waals surface area contributed by atoms with Crippen molar-refractivity contribution in [1.82, 2.24) is 15.5 Å². The number of non-ortho nitro benzene ring substituents is 1. The molecule has 0 aliphatic heterocycles. The van der Waals surface area contributed by atoms with Gasteiger partial charge in [-0.15, -0.1) is 24.0 Å². The fourth-order valence-electron chi connectivity index (χ4n) is 2.86. The smallest absolute Gasteiger partial charge is 0.269 e. The van der Waals surface area contributed by atoms with Crippen LogP contribution in [0.3, 0.4) is 0 Å². The first-order valence-electron chi connectivity index (χ1n) is 10.3. The van der Waals surface area contributed by atoms with Crippen molar-refractivity contribution in [2.24, 2.45) is 4.99 Å². The van der Waals surface area contributed by atoms with Crippen molar-refractivity contribution in [2.75, 3.05) is 44.6 Å². The number of nitrogens with one attached hydrogen (secondary N) is 3. The number of halogens is 1. The van der Waals surface area contributed by atoms with Gasteiger partial charge in [0.15, 0.2) is 5.96 Å². The van der Waals surface area contributed by atoms with Crippen LogP contribution in [0.1, 0.15) is 40.5 Å². The van der Waals surface area contributed by atoms with E-state index in [2.05, 4.69) is 53.5 Å². The van der Waals surface area contributed by atoms with Crippen LogP contribution in [0.5, 0.6) is 0 Å². The van der Waals surface area contributed by atoms with Crippen molar-refractivity contribution in [3.05, 3.63) is 34.4 Å².